The number of aryl methyl sites for hydroxylation is 1. The molecule has 0 aromatic heterocycles. The molecule has 78 valence electrons. The van der Waals surface area contributed by atoms with Crippen molar-refractivity contribution in [2.75, 3.05) is 12.8 Å². The van der Waals surface area contributed by atoms with Crippen molar-refractivity contribution in [2.24, 2.45) is 0 Å². The van der Waals surface area contributed by atoms with E-state index in [1.54, 1.807) is 7.11 Å². The van der Waals surface area contributed by atoms with E-state index in [0.717, 1.165) is 22.6 Å². The van der Waals surface area contributed by atoms with Crippen LogP contribution in [0.25, 0.3) is 0 Å². The molecule has 0 fully saturated rings. The Balaban J connectivity index is 3.35. The molecule has 14 heavy (non-hydrogen) atoms. The van der Waals surface area contributed by atoms with Crippen molar-refractivity contribution in [1.82, 2.24) is 0 Å². The fourth-order valence-corrected chi connectivity index (χ4v) is 1.45. The lowest BCUT2D eigenvalue weighted by atomic mass is 9.85. The second-order valence-electron chi connectivity index (χ2n) is 4.66. The molecule has 0 heterocycles. The van der Waals surface area contributed by atoms with E-state index in [9.17, 15) is 0 Å². The molecule has 0 atom stereocenters. The van der Waals surface area contributed by atoms with Gasteiger partial charge < -0.3 is 10.5 Å². The van der Waals surface area contributed by atoms with Crippen LogP contribution in [0.2, 0.25) is 0 Å². The van der Waals surface area contributed by atoms with Crippen LogP contribution < -0.4 is 10.5 Å². The summed E-state index contributed by atoms with van der Waals surface area (Å²) in [5.41, 5.74) is 9.00. The van der Waals surface area contributed by atoms with Crippen LogP contribution in [0.1, 0.15) is 31.9 Å². The first kappa shape index (κ1) is 10.9. The number of methoxy groups -OCH3 is 1. The van der Waals surface area contributed by atoms with Crippen molar-refractivity contribution in [3.05, 3.63) is 23.3 Å². The van der Waals surface area contributed by atoms with E-state index in [2.05, 4.69) is 20.8 Å². The van der Waals surface area contributed by atoms with E-state index in [-0.39, 0.29) is 5.41 Å². The van der Waals surface area contributed by atoms with Crippen molar-refractivity contribution in [3.63, 3.8) is 0 Å². The Labute approximate surface area is 86.1 Å². The summed E-state index contributed by atoms with van der Waals surface area (Å²) in [6, 6.07) is 4.00. The van der Waals surface area contributed by atoms with E-state index >= 15 is 0 Å². The molecule has 0 amide bonds. The first-order valence-electron chi connectivity index (χ1n) is 4.81. The molecular formula is C12H19NO. The second-order valence-corrected chi connectivity index (χ2v) is 4.66. The van der Waals surface area contributed by atoms with E-state index in [1.807, 2.05) is 19.1 Å². The summed E-state index contributed by atoms with van der Waals surface area (Å²) < 4.78 is 5.35. The predicted octanol–water partition coefficient (Wildman–Crippen LogP) is 2.88. The number of benzene rings is 1. The Morgan fingerprint density at radius 2 is 1.79 bits per heavy atom. The van der Waals surface area contributed by atoms with Gasteiger partial charge in [0.25, 0.3) is 0 Å². The third-order valence-electron chi connectivity index (χ3n) is 2.40. The van der Waals surface area contributed by atoms with Gasteiger partial charge in [0.15, 0.2) is 0 Å². The monoisotopic (exact) mass is 193 g/mol. The molecule has 1 aromatic carbocycles. The van der Waals surface area contributed by atoms with Crippen molar-refractivity contribution < 1.29 is 4.74 Å². The lowest BCUT2D eigenvalue weighted by molar-refractivity contribution is 0.397. The van der Waals surface area contributed by atoms with Gasteiger partial charge >= 0.3 is 0 Å². The Kier molecular flexibility index (Phi) is 2.74. The largest absolute Gasteiger partial charge is 0.496 e. The molecule has 0 aliphatic heterocycles. The van der Waals surface area contributed by atoms with Crippen LogP contribution in [0.3, 0.4) is 0 Å². The fraction of sp³-hybridized carbons (Fsp3) is 0.500. The number of hydrogen-bond acceptors (Lipinski definition) is 2. The molecule has 0 unspecified atom stereocenters. The first-order valence-corrected chi connectivity index (χ1v) is 4.81. The van der Waals surface area contributed by atoms with Gasteiger partial charge in [-0.15, -0.1) is 0 Å². The number of rotatable bonds is 1. The third-order valence-corrected chi connectivity index (χ3v) is 2.40. The highest BCUT2D eigenvalue weighted by molar-refractivity contribution is 5.55. The molecule has 0 saturated carbocycles. The minimum Gasteiger partial charge on any atom is -0.496 e. The average Bonchev–Trinajstić information content (AvgIpc) is 2.07. The van der Waals surface area contributed by atoms with Gasteiger partial charge in [0, 0.05) is 11.3 Å². The summed E-state index contributed by atoms with van der Waals surface area (Å²) in [6.07, 6.45) is 0. The maximum Gasteiger partial charge on any atom is 0.122 e. The zero-order valence-electron chi connectivity index (χ0n) is 9.64. The smallest absolute Gasteiger partial charge is 0.122 e. The van der Waals surface area contributed by atoms with E-state index in [0.29, 0.717) is 0 Å². The van der Waals surface area contributed by atoms with Gasteiger partial charge in [-0.05, 0) is 30.0 Å². The quantitative estimate of drug-likeness (QED) is 0.696. The van der Waals surface area contributed by atoms with Gasteiger partial charge in [0.05, 0.1) is 7.11 Å². The highest BCUT2D eigenvalue weighted by atomic mass is 16.5. The van der Waals surface area contributed by atoms with Crippen LogP contribution in [0.15, 0.2) is 12.1 Å². The molecule has 2 N–H and O–H groups in total. The minimum atomic E-state index is 0.0627. The zero-order valence-corrected chi connectivity index (χ0v) is 9.64. The molecule has 1 aromatic rings. The molecule has 0 spiro atoms. The van der Waals surface area contributed by atoms with Gasteiger partial charge in [-0.1, -0.05) is 20.8 Å². The normalized spacial score (nSPS) is 11.5. The van der Waals surface area contributed by atoms with Crippen LogP contribution in [0.5, 0.6) is 5.75 Å². The minimum absolute atomic E-state index is 0.0627. The van der Waals surface area contributed by atoms with Crippen molar-refractivity contribution in [3.8, 4) is 5.75 Å². The number of nitrogens with two attached hydrogens (primary N) is 1. The summed E-state index contributed by atoms with van der Waals surface area (Å²) in [5.74, 6) is 0.921. The highest BCUT2D eigenvalue weighted by Crippen LogP contribution is 2.34. The average molecular weight is 193 g/mol. The zero-order chi connectivity index (χ0) is 10.9. The molecule has 0 aliphatic carbocycles. The van der Waals surface area contributed by atoms with Crippen LogP contribution in [0.4, 0.5) is 5.69 Å². The first-order chi connectivity index (χ1) is 6.36. The molecule has 0 bridgehead atoms. The van der Waals surface area contributed by atoms with Crippen LogP contribution in [-0.2, 0) is 5.41 Å². The van der Waals surface area contributed by atoms with Gasteiger partial charge in [-0.3, -0.25) is 0 Å². The molecule has 2 heteroatoms. The number of hydrogen-bond donors (Lipinski definition) is 1. The lowest BCUT2D eigenvalue weighted by Gasteiger charge is -2.23. The molecule has 0 aliphatic rings. The Bertz CT molecular complexity index is 337. The summed E-state index contributed by atoms with van der Waals surface area (Å²) >= 11 is 0. The van der Waals surface area contributed by atoms with Crippen LogP contribution in [0, 0.1) is 6.92 Å². The Morgan fingerprint density at radius 1 is 1.21 bits per heavy atom. The Morgan fingerprint density at radius 3 is 2.21 bits per heavy atom. The number of ether oxygens (including phenoxy) is 1. The van der Waals surface area contributed by atoms with Crippen molar-refractivity contribution in [1.29, 1.82) is 0 Å². The summed E-state index contributed by atoms with van der Waals surface area (Å²) in [5, 5.41) is 0. The number of nitrogen functional groups attached to an aromatic ring is 1. The van der Waals surface area contributed by atoms with Gasteiger partial charge in [-0.25, -0.2) is 0 Å². The van der Waals surface area contributed by atoms with Crippen LogP contribution >= 0.6 is 0 Å². The topological polar surface area (TPSA) is 35.2 Å². The molecule has 0 saturated heterocycles. The summed E-state index contributed by atoms with van der Waals surface area (Å²) in [4.78, 5) is 0. The second kappa shape index (κ2) is 3.52. The van der Waals surface area contributed by atoms with Gasteiger partial charge in [0.2, 0.25) is 0 Å². The van der Waals surface area contributed by atoms with E-state index in [1.165, 1.54) is 0 Å². The SMILES string of the molecule is COc1cc(C)c(N)cc1C(C)(C)C. The maximum absolute atomic E-state index is 5.89. The molecule has 1 rings (SSSR count). The lowest BCUT2D eigenvalue weighted by Crippen LogP contribution is -2.13. The molecule has 0 radical (unpaired) electrons. The highest BCUT2D eigenvalue weighted by Gasteiger charge is 2.19. The Hall–Kier alpha value is -1.18. The van der Waals surface area contributed by atoms with Crippen molar-refractivity contribution in [2.45, 2.75) is 33.1 Å². The van der Waals surface area contributed by atoms with E-state index in [4.69, 9.17) is 10.5 Å². The predicted molar refractivity (Wildman–Crippen MR) is 60.8 cm³/mol. The summed E-state index contributed by atoms with van der Waals surface area (Å²) in [6.45, 7) is 8.45. The fourth-order valence-electron chi connectivity index (χ4n) is 1.45. The van der Waals surface area contributed by atoms with E-state index < -0.39 is 0 Å². The molecule has 2 nitrogen and oxygen atoms in total. The standard InChI is InChI=1S/C12H19NO/c1-8-6-11(14-5)9(7-10(8)13)12(2,3)4/h6-7H,13H2,1-5H3. The molecular weight excluding hydrogens is 174 g/mol. The van der Waals surface area contributed by atoms with Crippen molar-refractivity contribution >= 4 is 5.69 Å². The maximum atomic E-state index is 5.89. The van der Waals surface area contributed by atoms with Gasteiger partial charge in [0.1, 0.15) is 5.75 Å². The third kappa shape index (κ3) is 2.00. The summed E-state index contributed by atoms with van der Waals surface area (Å²) in [7, 11) is 1.69. The van der Waals surface area contributed by atoms with Gasteiger partial charge in [-0.2, -0.15) is 0 Å². The number of anilines is 1. The van der Waals surface area contributed by atoms with Crippen LogP contribution in [-0.4, -0.2) is 7.11 Å².